The van der Waals surface area contributed by atoms with Gasteiger partial charge in [-0.2, -0.15) is 26.3 Å². The van der Waals surface area contributed by atoms with Crippen molar-refractivity contribution in [1.29, 1.82) is 0 Å². The van der Waals surface area contributed by atoms with E-state index in [1.165, 1.54) is 12.5 Å². The Labute approximate surface area is 154 Å². The average Bonchev–Trinajstić information content (AvgIpc) is 2.54. The van der Waals surface area contributed by atoms with E-state index in [1.54, 1.807) is 0 Å². The number of benzene rings is 1. The van der Waals surface area contributed by atoms with E-state index in [-0.39, 0.29) is 23.8 Å². The van der Waals surface area contributed by atoms with Gasteiger partial charge in [0.15, 0.2) is 0 Å². The fourth-order valence-corrected chi connectivity index (χ4v) is 2.96. The molecule has 0 fully saturated rings. The van der Waals surface area contributed by atoms with Gasteiger partial charge in [0.2, 0.25) is 0 Å². The molecule has 0 radical (unpaired) electrons. The number of hydrogen-bond acceptors (Lipinski definition) is 2. The summed E-state index contributed by atoms with van der Waals surface area (Å²) in [5.74, 6) is 0. The van der Waals surface area contributed by atoms with Gasteiger partial charge in [-0.1, -0.05) is 11.6 Å². The van der Waals surface area contributed by atoms with E-state index in [0.717, 1.165) is 18.7 Å². The maximum atomic E-state index is 13.0. The van der Waals surface area contributed by atoms with Gasteiger partial charge in [0.25, 0.3) is 0 Å². The van der Waals surface area contributed by atoms with Crippen LogP contribution in [-0.4, -0.2) is 30.6 Å². The van der Waals surface area contributed by atoms with Crippen molar-refractivity contribution in [3.63, 3.8) is 0 Å². The molecule has 0 bridgehead atoms. The van der Waals surface area contributed by atoms with Gasteiger partial charge in [0, 0.05) is 12.1 Å². The van der Waals surface area contributed by atoms with Crippen LogP contribution in [0, 0.1) is 0 Å². The van der Waals surface area contributed by atoms with E-state index in [2.05, 4.69) is 11.0 Å². The summed E-state index contributed by atoms with van der Waals surface area (Å²) < 4.78 is 83.7. The third-order valence-electron chi connectivity index (χ3n) is 5.02. The molecule has 8 heteroatoms. The number of halogens is 6. The normalized spacial score (nSPS) is 23.3. The fourth-order valence-electron chi connectivity index (χ4n) is 2.96. The van der Waals surface area contributed by atoms with Crippen LogP contribution in [-0.2, 0) is 17.1 Å². The Hall–Kier alpha value is -1.54. The van der Waals surface area contributed by atoms with Crippen molar-refractivity contribution in [2.45, 2.75) is 51.2 Å². The first-order chi connectivity index (χ1) is 12.2. The van der Waals surface area contributed by atoms with Gasteiger partial charge >= 0.3 is 12.4 Å². The van der Waals surface area contributed by atoms with Crippen molar-refractivity contribution < 1.29 is 31.1 Å². The summed E-state index contributed by atoms with van der Waals surface area (Å²) in [5, 5.41) is 0. The Morgan fingerprint density at radius 1 is 1.07 bits per heavy atom. The molecular formula is C19H23F6NO. The highest BCUT2D eigenvalue weighted by atomic mass is 19.4. The molecule has 0 aromatic heterocycles. The fraction of sp³-hybridized carbons (Fsp3) is 0.579. The Kier molecular flexibility index (Phi) is 6.02. The van der Waals surface area contributed by atoms with Gasteiger partial charge in [0.05, 0.1) is 23.8 Å². The van der Waals surface area contributed by atoms with Crippen LogP contribution in [0.2, 0.25) is 0 Å². The lowest BCUT2D eigenvalue weighted by Crippen LogP contribution is -2.50. The summed E-state index contributed by atoms with van der Waals surface area (Å²) in [6, 6.07) is 1.56. The molecule has 0 aliphatic carbocycles. The van der Waals surface area contributed by atoms with E-state index >= 15 is 0 Å². The summed E-state index contributed by atoms with van der Waals surface area (Å²) in [4.78, 5) is 2.07. The molecule has 0 saturated carbocycles. The SMILES string of the molecule is CC1=CC[C@](C)(CO[C@H](C)c2cc(C(F)(F)F)cc(C(F)(F)F)c2)N(C)C1. The van der Waals surface area contributed by atoms with Crippen molar-refractivity contribution in [2.24, 2.45) is 0 Å². The highest BCUT2D eigenvalue weighted by Gasteiger charge is 2.38. The van der Waals surface area contributed by atoms with E-state index in [9.17, 15) is 26.3 Å². The number of hydrogen-bond donors (Lipinski definition) is 0. The number of ether oxygens (including phenoxy) is 1. The van der Waals surface area contributed by atoms with Gasteiger partial charge in [-0.15, -0.1) is 0 Å². The van der Waals surface area contributed by atoms with Gasteiger partial charge in [-0.3, -0.25) is 4.90 Å². The van der Waals surface area contributed by atoms with Crippen molar-refractivity contribution >= 4 is 0 Å². The number of rotatable bonds is 4. The molecule has 0 unspecified atom stereocenters. The molecule has 1 aromatic rings. The molecule has 27 heavy (non-hydrogen) atoms. The van der Waals surface area contributed by atoms with Crippen LogP contribution in [0.4, 0.5) is 26.3 Å². The van der Waals surface area contributed by atoms with E-state index < -0.39 is 29.6 Å². The number of nitrogens with zero attached hydrogens (tertiary/aromatic N) is 1. The van der Waals surface area contributed by atoms with Gasteiger partial charge in [0.1, 0.15) is 0 Å². The van der Waals surface area contributed by atoms with Crippen LogP contribution < -0.4 is 0 Å². The maximum Gasteiger partial charge on any atom is 0.416 e. The maximum absolute atomic E-state index is 13.0. The molecule has 0 N–H and O–H groups in total. The highest BCUT2D eigenvalue weighted by molar-refractivity contribution is 5.34. The first-order valence-corrected chi connectivity index (χ1v) is 8.50. The van der Waals surface area contributed by atoms with Crippen LogP contribution in [0.5, 0.6) is 0 Å². The zero-order valence-corrected chi connectivity index (χ0v) is 15.6. The number of alkyl halides is 6. The Bertz CT molecular complexity index is 677. The molecular weight excluding hydrogens is 372 g/mol. The van der Waals surface area contributed by atoms with Crippen molar-refractivity contribution in [1.82, 2.24) is 4.90 Å². The predicted molar refractivity (Wildman–Crippen MR) is 90.2 cm³/mol. The van der Waals surface area contributed by atoms with Crippen molar-refractivity contribution in [3.8, 4) is 0 Å². The van der Waals surface area contributed by atoms with Gasteiger partial charge in [-0.25, -0.2) is 0 Å². The molecule has 0 saturated heterocycles. The molecule has 0 spiro atoms. The van der Waals surface area contributed by atoms with Crippen LogP contribution in [0.25, 0.3) is 0 Å². The topological polar surface area (TPSA) is 12.5 Å². The van der Waals surface area contributed by atoms with Gasteiger partial charge in [-0.05, 0) is 58.0 Å². The molecule has 2 atom stereocenters. The van der Waals surface area contributed by atoms with Crippen LogP contribution >= 0.6 is 0 Å². The number of likely N-dealkylation sites (N-methyl/N-ethyl adjacent to an activating group) is 1. The summed E-state index contributed by atoms with van der Waals surface area (Å²) in [7, 11) is 1.91. The van der Waals surface area contributed by atoms with Crippen molar-refractivity contribution in [3.05, 3.63) is 46.5 Å². The quantitative estimate of drug-likeness (QED) is 0.469. The minimum atomic E-state index is -4.87. The van der Waals surface area contributed by atoms with Crippen LogP contribution in [0.15, 0.2) is 29.8 Å². The summed E-state index contributed by atoms with van der Waals surface area (Å²) in [6.07, 6.45) is -7.88. The molecule has 152 valence electrons. The first kappa shape index (κ1) is 21.8. The third-order valence-corrected chi connectivity index (χ3v) is 5.02. The van der Waals surface area contributed by atoms with Crippen LogP contribution in [0.3, 0.4) is 0 Å². The van der Waals surface area contributed by atoms with E-state index in [4.69, 9.17) is 4.74 Å². The minimum absolute atomic E-state index is 0.125. The monoisotopic (exact) mass is 395 g/mol. The Morgan fingerprint density at radius 3 is 2.04 bits per heavy atom. The van der Waals surface area contributed by atoms with E-state index in [1.807, 2.05) is 20.9 Å². The zero-order valence-electron chi connectivity index (χ0n) is 15.6. The lowest BCUT2D eigenvalue weighted by atomic mass is 9.91. The average molecular weight is 395 g/mol. The predicted octanol–water partition coefficient (Wildman–Crippen LogP) is 5.84. The van der Waals surface area contributed by atoms with Crippen LogP contribution in [0.1, 0.15) is 50.0 Å². The highest BCUT2D eigenvalue weighted by Crippen LogP contribution is 2.38. The third kappa shape index (κ3) is 5.25. The summed E-state index contributed by atoms with van der Waals surface area (Å²) >= 11 is 0. The summed E-state index contributed by atoms with van der Waals surface area (Å²) in [5.41, 5.74) is -1.98. The molecule has 1 heterocycles. The standard InChI is InChI=1S/C19H23F6NO/c1-12-5-6-17(3,26(4)10-12)11-27-13(2)14-7-15(18(20,21)22)9-16(8-14)19(23,24)25/h5,7-9,13H,6,10-11H2,1-4H3/t13-,17-/m1/s1. The molecule has 2 nitrogen and oxygen atoms in total. The minimum Gasteiger partial charge on any atom is -0.372 e. The second-order valence-electron chi connectivity index (χ2n) is 7.40. The lowest BCUT2D eigenvalue weighted by Gasteiger charge is -2.42. The molecule has 1 aromatic carbocycles. The Balaban J connectivity index is 2.24. The molecule has 0 amide bonds. The van der Waals surface area contributed by atoms with E-state index in [0.29, 0.717) is 6.42 Å². The molecule has 1 aliphatic rings. The zero-order chi connectivity index (χ0) is 20.6. The first-order valence-electron chi connectivity index (χ1n) is 8.50. The second-order valence-corrected chi connectivity index (χ2v) is 7.40. The molecule has 2 rings (SSSR count). The molecule has 1 aliphatic heterocycles. The lowest BCUT2D eigenvalue weighted by molar-refractivity contribution is -0.143. The summed E-state index contributed by atoms with van der Waals surface area (Å²) in [6.45, 7) is 6.34. The van der Waals surface area contributed by atoms with Crippen molar-refractivity contribution in [2.75, 3.05) is 20.2 Å². The largest absolute Gasteiger partial charge is 0.416 e. The van der Waals surface area contributed by atoms with Gasteiger partial charge < -0.3 is 4.74 Å². The Morgan fingerprint density at radius 2 is 1.59 bits per heavy atom. The second kappa shape index (κ2) is 7.47. The smallest absolute Gasteiger partial charge is 0.372 e.